The summed E-state index contributed by atoms with van der Waals surface area (Å²) in [5.41, 5.74) is 0.754. The lowest BCUT2D eigenvalue weighted by molar-refractivity contribution is -0.149. The maximum absolute atomic E-state index is 12.6. The lowest BCUT2D eigenvalue weighted by Crippen LogP contribution is -2.47. The van der Waals surface area contributed by atoms with Gasteiger partial charge >= 0.3 is 11.9 Å². The summed E-state index contributed by atoms with van der Waals surface area (Å²) >= 11 is 0. The van der Waals surface area contributed by atoms with Gasteiger partial charge in [-0.25, -0.2) is 9.59 Å². The molecular formula is C32H46N2O7. The molecule has 3 atom stereocenters. The Balaban J connectivity index is 2.45. The number of carbonyl (C=O) groups excluding carboxylic acids is 3. The van der Waals surface area contributed by atoms with Crippen LogP contribution in [0.15, 0.2) is 54.8 Å². The van der Waals surface area contributed by atoms with E-state index in [0.29, 0.717) is 18.4 Å². The predicted molar refractivity (Wildman–Crippen MR) is 160 cm³/mol. The van der Waals surface area contributed by atoms with Crippen molar-refractivity contribution in [2.24, 2.45) is 17.3 Å². The third-order valence-corrected chi connectivity index (χ3v) is 6.46. The zero-order valence-electron chi connectivity index (χ0n) is 25.4. The van der Waals surface area contributed by atoms with Crippen LogP contribution >= 0.6 is 0 Å². The van der Waals surface area contributed by atoms with E-state index in [2.05, 4.69) is 30.2 Å². The van der Waals surface area contributed by atoms with Crippen LogP contribution in [0.5, 0.6) is 0 Å². The number of hydrogen-bond donors (Lipinski definition) is 3. The number of allylic oxidation sites excluding steroid dienone is 2. The van der Waals surface area contributed by atoms with E-state index < -0.39 is 23.5 Å². The van der Waals surface area contributed by atoms with Gasteiger partial charge in [-0.05, 0) is 61.8 Å². The number of aliphatic carboxylic acids is 1. The van der Waals surface area contributed by atoms with Gasteiger partial charge in [-0.2, -0.15) is 0 Å². The lowest BCUT2D eigenvalue weighted by Gasteiger charge is -2.30. The third-order valence-electron chi connectivity index (χ3n) is 6.46. The highest BCUT2D eigenvalue weighted by Gasteiger charge is 2.30. The van der Waals surface area contributed by atoms with Crippen molar-refractivity contribution in [1.29, 1.82) is 0 Å². The Morgan fingerprint density at radius 3 is 2.27 bits per heavy atom. The molecule has 0 radical (unpaired) electrons. The Hall–Kier alpha value is -3.88. The van der Waals surface area contributed by atoms with E-state index in [1.54, 1.807) is 39.0 Å². The van der Waals surface area contributed by atoms with Gasteiger partial charge in [0.15, 0.2) is 6.10 Å². The van der Waals surface area contributed by atoms with Gasteiger partial charge in [0.2, 0.25) is 11.8 Å². The number of amides is 2. The fourth-order valence-electron chi connectivity index (χ4n) is 3.61. The number of ether oxygens (including phenoxy) is 2. The van der Waals surface area contributed by atoms with Crippen LogP contribution in [0.25, 0.3) is 6.08 Å². The van der Waals surface area contributed by atoms with Gasteiger partial charge in [-0.1, -0.05) is 71.6 Å². The molecule has 226 valence electrons. The number of benzene rings is 1. The van der Waals surface area contributed by atoms with Gasteiger partial charge in [0.25, 0.3) is 0 Å². The molecule has 41 heavy (non-hydrogen) atoms. The average molecular weight is 571 g/mol. The number of esters is 1. The van der Waals surface area contributed by atoms with Crippen molar-refractivity contribution in [2.45, 2.75) is 73.0 Å². The van der Waals surface area contributed by atoms with Gasteiger partial charge in [-0.3, -0.25) is 9.59 Å². The summed E-state index contributed by atoms with van der Waals surface area (Å²) < 4.78 is 10.3. The summed E-state index contributed by atoms with van der Waals surface area (Å²) in [5.74, 6) is -1.49. The van der Waals surface area contributed by atoms with Crippen LogP contribution in [0.4, 0.5) is 0 Å². The summed E-state index contributed by atoms with van der Waals surface area (Å²) in [5, 5.41) is 14.8. The van der Waals surface area contributed by atoms with Gasteiger partial charge in [0, 0.05) is 12.0 Å². The van der Waals surface area contributed by atoms with Crippen molar-refractivity contribution >= 4 is 29.8 Å². The highest BCUT2D eigenvalue weighted by Crippen LogP contribution is 2.27. The first-order valence-electron chi connectivity index (χ1n) is 13.9. The van der Waals surface area contributed by atoms with E-state index in [0.717, 1.165) is 12.0 Å². The highest BCUT2D eigenvalue weighted by molar-refractivity contribution is 5.92. The normalized spacial score (nSPS) is 14.0. The molecule has 2 amide bonds. The fraction of sp³-hybridized carbons (Fsp3) is 0.500. The zero-order valence-corrected chi connectivity index (χ0v) is 25.4. The van der Waals surface area contributed by atoms with Crippen LogP contribution in [-0.4, -0.2) is 54.7 Å². The molecule has 9 heteroatoms. The fourth-order valence-corrected chi connectivity index (χ4v) is 3.61. The molecule has 0 fully saturated rings. The molecule has 1 aromatic carbocycles. The standard InChI is InChI=1S/C32H46N2O7/c1-21(2)19-27(30(37)38)41-24(5)32(6,7)20-33-29(36)23(4)34-28(35)12-10-9-11-22(3)13-14-25-15-17-26(18-16-25)31(39)40-8/h10,12-18,21-23,27H,5,9,11,19-20H2,1-4,6-8H3,(H,33,36)(H,34,35)(H,37,38)/b12-10+,14-13+. The van der Waals surface area contributed by atoms with Crippen LogP contribution in [0.1, 0.15) is 76.7 Å². The monoisotopic (exact) mass is 570 g/mol. The summed E-state index contributed by atoms with van der Waals surface area (Å²) in [6, 6.07) is 6.37. The van der Waals surface area contributed by atoms with E-state index in [-0.39, 0.29) is 41.9 Å². The minimum atomic E-state index is -1.06. The third kappa shape index (κ3) is 13.4. The second-order valence-electron chi connectivity index (χ2n) is 11.3. The first kappa shape index (κ1) is 35.1. The number of rotatable bonds is 17. The predicted octanol–water partition coefficient (Wildman–Crippen LogP) is 5.14. The topological polar surface area (TPSA) is 131 Å². The van der Waals surface area contributed by atoms with Crippen molar-refractivity contribution in [1.82, 2.24) is 10.6 Å². The minimum absolute atomic E-state index is 0.135. The smallest absolute Gasteiger partial charge is 0.344 e. The van der Waals surface area contributed by atoms with Gasteiger partial charge < -0.3 is 25.2 Å². The van der Waals surface area contributed by atoms with E-state index >= 15 is 0 Å². The Morgan fingerprint density at radius 2 is 1.71 bits per heavy atom. The molecule has 0 aromatic heterocycles. The Labute approximate surface area is 244 Å². The number of carboxylic acid groups (broad SMARTS) is 1. The largest absolute Gasteiger partial charge is 0.483 e. The number of hydrogen-bond acceptors (Lipinski definition) is 6. The lowest BCUT2D eigenvalue weighted by atomic mass is 9.91. The Kier molecular flexibility index (Phi) is 14.6. The van der Waals surface area contributed by atoms with Crippen molar-refractivity contribution in [3.63, 3.8) is 0 Å². The van der Waals surface area contributed by atoms with Crippen molar-refractivity contribution in [3.8, 4) is 0 Å². The molecule has 1 rings (SSSR count). The van der Waals surface area contributed by atoms with Gasteiger partial charge in [0.05, 0.1) is 18.4 Å². The van der Waals surface area contributed by atoms with Gasteiger partial charge in [0.1, 0.15) is 6.04 Å². The molecule has 0 bridgehead atoms. The van der Waals surface area contributed by atoms with Gasteiger partial charge in [-0.15, -0.1) is 0 Å². The quantitative estimate of drug-likeness (QED) is 0.134. The molecule has 1 aromatic rings. The summed E-state index contributed by atoms with van der Waals surface area (Å²) in [6.07, 6.45) is 8.11. The molecule has 3 N–H and O–H groups in total. The number of nitrogens with one attached hydrogen (secondary N) is 2. The first-order valence-corrected chi connectivity index (χ1v) is 13.9. The molecule has 3 unspecified atom stereocenters. The van der Waals surface area contributed by atoms with Crippen LogP contribution in [0.3, 0.4) is 0 Å². The first-order chi connectivity index (χ1) is 19.2. The molecule has 0 aliphatic heterocycles. The number of carboxylic acids is 1. The zero-order chi connectivity index (χ0) is 31.2. The van der Waals surface area contributed by atoms with Crippen molar-refractivity contribution in [2.75, 3.05) is 13.7 Å². The SMILES string of the molecule is C=C(OC(CC(C)C)C(=O)O)C(C)(C)CNC(=O)C(C)NC(=O)/C=C/CCC(C)/C=C/c1ccc(C(=O)OC)cc1. The number of carbonyl (C=O) groups is 4. The van der Waals surface area contributed by atoms with E-state index in [4.69, 9.17) is 9.47 Å². The summed E-state index contributed by atoms with van der Waals surface area (Å²) in [6.45, 7) is 15.1. The molecule has 0 aliphatic rings. The summed E-state index contributed by atoms with van der Waals surface area (Å²) in [7, 11) is 1.35. The molecule has 0 spiro atoms. The van der Waals surface area contributed by atoms with Crippen LogP contribution in [-0.2, 0) is 23.9 Å². The molecule has 0 saturated carbocycles. The minimum Gasteiger partial charge on any atom is -0.483 e. The summed E-state index contributed by atoms with van der Waals surface area (Å²) in [4.78, 5) is 47.9. The van der Waals surface area contributed by atoms with Crippen LogP contribution < -0.4 is 10.6 Å². The second-order valence-corrected chi connectivity index (χ2v) is 11.3. The van der Waals surface area contributed by atoms with E-state index in [1.165, 1.54) is 13.2 Å². The van der Waals surface area contributed by atoms with Crippen molar-refractivity contribution in [3.05, 3.63) is 66.0 Å². The Bertz CT molecular complexity index is 1100. The second kappa shape index (κ2) is 17.0. The molecule has 9 nitrogen and oxygen atoms in total. The molecule has 0 heterocycles. The molecule has 0 saturated heterocycles. The van der Waals surface area contributed by atoms with Crippen LogP contribution in [0, 0.1) is 17.3 Å². The molecular weight excluding hydrogens is 524 g/mol. The van der Waals surface area contributed by atoms with Crippen molar-refractivity contribution < 1.29 is 33.8 Å². The maximum atomic E-state index is 12.6. The number of methoxy groups -OCH3 is 1. The van der Waals surface area contributed by atoms with Crippen LogP contribution in [0.2, 0.25) is 0 Å². The maximum Gasteiger partial charge on any atom is 0.344 e. The highest BCUT2D eigenvalue weighted by atomic mass is 16.5. The van der Waals surface area contributed by atoms with E-state index in [1.807, 2.05) is 32.1 Å². The Morgan fingerprint density at radius 1 is 1.07 bits per heavy atom. The average Bonchev–Trinajstić information content (AvgIpc) is 2.91. The van der Waals surface area contributed by atoms with E-state index in [9.17, 15) is 24.3 Å². The molecule has 0 aliphatic carbocycles.